The maximum absolute atomic E-state index is 2.80. The summed E-state index contributed by atoms with van der Waals surface area (Å²) >= 11 is 0. The summed E-state index contributed by atoms with van der Waals surface area (Å²) in [6, 6.07) is 1.93. The van der Waals surface area contributed by atoms with Crippen LogP contribution in [-0.4, -0.2) is 54.7 Å². The molecule has 2 saturated carbocycles. The average molecular weight is 285 g/mol. The maximum Gasteiger partial charge on any atom is 0.0959 e. The normalized spacial score (nSPS) is 25.8. The summed E-state index contributed by atoms with van der Waals surface area (Å²) in [4.78, 5) is 0. The highest BCUT2D eigenvalue weighted by atomic mass is 28.3. The van der Waals surface area contributed by atoms with Crippen LogP contribution >= 0.6 is 0 Å². The maximum atomic E-state index is 2.80. The second-order valence-corrected chi connectivity index (χ2v) is 13.5. The molecule has 18 heavy (non-hydrogen) atoms. The van der Waals surface area contributed by atoms with Gasteiger partial charge in [0.15, 0.2) is 0 Å². The summed E-state index contributed by atoms with van der Waals surface area (Å²) < 4.78 is 5.60. The van der Waals surface area contributed by atoms with Crippen LogP contribution in [0, 0.1) is 0 Å². The highest BCUT2D eigenvalue weighted by Crippen LogP contribution is 2.25. The molecule has 0 amide bonds. The van der Waals surface area contributed by atoms with Crippen molar-refractivity contribution in [2.45, 2.75) is 75.5 Å². The van der Waals surface area contributed by atoms with Crippen LogP contribution in [0.1, 0.15) is 58.3 Å². The summed E-state index contributed by atoms with van der Waals surface area (Å²) in [5, 5.41) is 1.08. The van der Waals surface area contributed by atoms with E-state index >= 15 is 0 Å². The lowest BCUT2D eigenvalue weighted by molar-refractivity contribution is 0.381. The summed E-state index contributed by atoms with van der Waals surface area (Å²) in [6.45, 7) is 2.55. The van der Waals surface area contributed by atoms with Gasteiger partial charge in [-0.05, 0) is 44.9 Å². The molecule has 0 radical (unpaired) electrons. The standard InChI is InChI=1S/C14H32N2Si2/c1-12(17-15(2)13-8-4-5-9-13)18-16(3)14-10-6-7-11-14/h12-14H,4-11,17-18H2,1-3H3. The lowest BCUT2D eigenvalue weighted by Crippen LogP contribution is -2.41. The van der Waals surface area contributed by atoms with Crippen molar-refractivity contribution in [3.63, 3.8) is 0 Å². The van der Waals surface area contributed by atoms with Gasteiger partial charge in [-0.2, -0.15) is 0 Å². The fourth-order valence-corrected chi connectivity index (χ4v) is 10.2. The minimum Gasteiger partial charge on any atom is -0.329 e. The average Bonchev–Trinajstić information content (AvgIpc) is 3.02. The van der Waals surface area contributed by atoms with Gasteiger partial charge in [-0.1, -0.05) is 32.6 Å². The van der Waals surface area contributed by atoms with Crippen molar-refractivity contribution < 1.29 is 0 Å². The van der Waals surface area contributed by atoms with Crippen LogP contribution in [0.4, 0.5) is 0 Å². The summed E-state index contributed by atoms with van der Waals surface area (Å²) in [5.41, 5.74) is 0. The summed E-state index contributed by atoms with van der Waals surface area (Å²) in [5.74, 6) is 0. The Kier molecular flexibility index (Phi) is 5.92. The van der Waals surface area contributed by atoms with E-state index in [1.54, 1.807) is 0 Å². The summed E-state index contributed by atoms with van der Waals surface area (Å²) in [6.07, 6.45) is 11.9. The minimum atomic E-state index is 0.0144. The molecule has 2 rings (SSSR count). The molecule has 0 saturated heterocycles. The molecule has 0 aromatic carbocycles. The van der Waals surface area contributed by atoms with Crippen molar-refractivity contribution in [1.82, 2.24) is 9.13 Å². The van der Waals surface area contributed by atoms with Crippen molar-refractivity contribution >= 4 is 19.4 Å². The Labute approximate surface area is 118 Å². The van der Waals surface area contributed by atoms with Gasteiger partial charge in [-0.25, -0.2) is 0 Å². The van der Waals surface area contributed by atoms with Gasteiger partial charge in [0.05, 0.1) is 19.4 Å². The van der Waals surface area contributed by atoms with Gasteiger partial charge in [-0.3, -0.25) is 0 Å². The van der Waals surface area contributed by atoms with Gasteiger partial charge < -0.3 is 9.13 Å². The second-order valence-electron chi connectivity index (χ2n) is 6.86. The first-order valence-electron chi connectivity index (χ1n) is 8.07. The SMILES string of the molecule is CC([SiH2]N(C)C1CCCC1)[SiH2]N(C)C1CCCC1. The first kappa shape index (κ1) is 14.8. The molecule has 0 aromatic heterocycles. The van der Waals surface area contributed by atoms with Crippen molar-refractivity contribution in [2.75, 3.05) is 14.1 Å². The van der Waals surface area contributed by atoms with E-state index in [0.29, 0.717) is 0 Å². The van der Waals surface area contributed by atoms with Crippen LogP contribution < -0.4 is 0 Å². The topological polar surface area (TPSA) is 6.48 Å². The number of rotatable bonds is 6. The molecule has 0 spiro atoms. The largest absolute Gasteiger partial charge is 0.329 e. The van der Waals surface area contributed by atoms with Gasteiger partial charge in [0.25, 0.3) is 0 Å². The zero-order valence-electron chi connectivity index (χ0n) is 12.7. The Morgan fingerprint density at radius 1 is 0.778 bits per heavy atom. The van der Waals surface area contributed by atoms with Crippen LogP contribution in [0.25, 0.3) is 0 Å². The number of nitrogens with zero attached hydrogens (tertiary/aromatic N) is 2. The fourth-order valence-electron chi connectivity index (χ4n) is 4.03. The first-order chi connectivity index (χ1) is 8.66. The zero-order chi connectivity index (χ0) is 13.0. The van der Waals surface area contributed by atoms with E-state index in [0.717, 1.165) is 17.2 Å². The van der Waals surface area contributed by atoms with Gasteiger partial charge in [0, 0.05) is 12.1 Å². The van der Waals surface area contributed by atoms with E-state index < -0.39 is 0 Å². The van der Waals surface area contributed by atoms with E-state index in [-0.39, 0.29) is 19.4 Å². The van der Waals surface area contributed by atoms with Crippen molar-refractivity contribution in [3.8, 4) is 0 Å². The zero-order valence-corrected chi connectivity index (χ0v) is 15.5. The molecule has 0 heterocycles. The highest BCUT2D eigenvalue weighted by molar-refractivity contribution is 6.55. The van der Waals surface area contributed by atoms with Gasteiger partial charge in [-0.15, -0.1) is 0 Å². The third kappa shape index (κ3) is 4.18. The molecular weight excluding hydrogens is 252 g/mol. The Balaban J connectivity index is 1.68. The van der Waals surface area contributed by atoms with Crippen LogP contribution in [0.5, 0.6) is 0 Å². The highest BCUT2D eigenvalue weighted by Gasteiger charge is 2.24. The van der Waals surface area contributed by atoms with Gasteiger partial charge in [0.2, 0.25) is 0 Å². The second kappa shape index (κ2) is 7.22. The predicted molar refractivity (Wildman–Crippen MR) is 86.6 cm³/mol. The molecule has 2 fully saturated rings. The molecule has 0 aromatic rings. The Morgan fingerprint density at radius 3 is 1.44 bits per heavy atom. The van der Waals surface area contributed by atoms with Crippen LogP contribution in [-0.2, 0) is 0 Å². The van der Waals surface area contributed by atoms with E-state index in [1.165, 1.54) is 51.4 Å². The smallest absolute Gasteiger partial charge is 0.0959 e. The Bertz CT molecular complexity index is 214. The molecule has 0 atom stereocenters. The van der Waals surface area contributed by atoms with E-state index in [9.17, 15) is 0 Å². The molecule has 0 aliphatic heterocycles. The molecule has 2 aliphatic rings. The fraction of sp³-hybridized carbons (Fsp3) is 1.00. The number of hydrogen-bond acceptors (Lipinski definition) is 2. The van der Waals surface area contributed by atoms with Crippen LogP contribution in [0.3, 0.4) is 0 Å². The summed E-state index contributed by atoms with van der Waals surface area (Å²) in [7, 11) is 4.87. The molecule has 106 valence electrons. The quantitative estimate of drug-likeness (QED) is 0.685. The Hall–Kier alpha value is 0.354. The lowest BCUT2D eigenvalue weighted by Gasteiger charge is -2.31. The number of hydrogen-bond donors (Lipinski definition) is 0. The monoisotopic (exact) mass is 284 g/mol. The molecule has 2 nitrogen and oxygen atoms in total. The molecule has 0 N–H and O–H groups in total. The van der Waals surface area contributed by atoms with Crippen molar-refractivity contribution in [1.29, 1.82) is 0 Å². The molecule has 4 heteroatoms. The molecule has 2 aliphatic carbocycles. The van der Waals surface area contributed by atoms with E-state index in [4.69, 9.17) is 0 Å². The third-order valence-electron chi connectivity index (χ3n) is 5.10. The van der Waals surface area contributed by atoms with Crippen molar-refractivity contribution in [3.05, 3.63) is 0 Å². The third-order valence-corrected chi connectivity index (χ3v) is 10.1. The molecule has 0 unspecified atom stereocenters. The van der Waals surface area contributed by atoms with E-state index in [1.807, 2.05) is 0 Å². The predicted octanol–water partition coefficient (Wildman–Crippen LogP) is 1.67. The van der Waals surface area contributed by atoms with Gasteiger partial charge >= 0.3 is 0 Å². The van der Waals surface area contributed by atoms with Crippen LogP contribution in [0.2, 0.25) is 5.16 Å². The van der Waals surface area contributed by atoms with Crippen LogP contribution in [0.15, 0.2) is 0 Å². The first-order valence-corrected chi connectivity index (χ1v) is 11.0. The minimum absolute atomic E-state index is 0.0144. The van der Waals surface area contributed by atoms with E-state index in [2.05, 4.69) is 30.2 Å². The van der Waals surface area contributed by atoms with Crippen molar-refractivity contribution in [2.24, 2.45) is 0 Å². The molecular formula is C14H32N2Si2. The molecule has 0 bridgehead atoms. The Morgan fingerprint density at radius 2 is 1.11 bits per heavy atom. The lowest BCUT2D eigenvalue weighted by atomic mass is 10.3. The van der Waals surface area contributed by atoms with Gasteiger partial charge in [0.1, 0.15) is 0 Å².